The molecule has 1 aromatic carbocycles. The minimum atomic E-state index is -4.55. The number of amides is 1. The predicted molar refractivity (Wildman–Crippen MR) is 87.0 cm³/mol. The predicted octanol–water partition coefficient (Wildman–Crippen LogP) is 5.38. The van der Waals surface area contributed by atoms with Gasteiger partial charge in [-0.3, -0.25) is 10.1 Å². The highest BCUT2D eigenvalue weighted by Crippen LogP contribution is 2.37. The maximum absolute atomic E-state index is 12.7. The molecule has 3 aromatic rings. The van der Waals surface area contributed by atoms with Crippen LogP contribution in [0.5, 0.6) is 0 Å². The van der Waals surface area contributed by atoms with E-state index in [1.54, 1.807) is 0 Å². The highest BCUT2D eigenvalue weighted by atomic mass is 35.5. The highest BCUT2D eigenvalue weighted by molar-refractivity contribution is 7.20. The number of hydrogen-bond donors (Lipinski definition) is 1. The molecule has 0 saturated carbocycles. The quantitative estimate of drug-likeness (QED) is 0.632. The average molecular weight is 408 g/mol. The van der Waals surface area contributed by atoms with E-state index in [4.69, 9.17) is 27.6 Å². The lowest BCUT2D eigenvalue weighted by molar-refractivity contribution is -0.137. The Labute approximate surface area is 152 Å². The van der Waals surface area contributed by atoms with Crippen LogP contribution in [0.4, 0.5) is 19.2 Å². The normalized spacial score (nSPS) is 11.6. The first kappa shape index (κ1) is 17.7. The average Bonchev–Trinajstić information content (AvgIpc) is 3.12. The summed E-state index contributed by atoms with van der Waals surface area (Å²) in [6.45, 7) is 0. The Morgan fingerprint density at radius 1 is 1.20 bits per heavy atom. The number of carbonyl (C=O) groups excluding carboxylic acids is 1. The Kier molecular flexibility index (Phi) is 4.72. The van der Waals surface area contributed by atoms with Gasteiger partial charge in [0.25, 0.3) is 11.8 Å². The summed E-state index contributed by atoms with van der Waals surface area (Å²) in [4.78, 5) is 12.1. The number of hydrogen-bond acceptors (Lipinski definition) is 5. The first-order valence-corrected chi connectivity index (χ1v) is 8.08. The fourth-order valence-electron chi connectivity index (χ4n) is 1.87. The van der Waals surface area contributed by atoms with Gasteiger partial charge in [0.1, 0.15) is 4.34 Å². The molecule has 5 nitrogen and oxygen atoms in total. The Bertz CT molecular complexity index is 940. The summed E-state index contributed by atoms with van der Waals surface area (Å²) in [6.07, 6.45) is -4.55. The lowest BCUT2D eigenvalue weighted by Gasteiger charge is -2.07. The smallest absolute Gasteiger partial charge is 0.403 e. The van der Waals surface area contributed by atoms with Crippen molar-refractivity contribution in [1.29, 1.82) is 0 Å². The van der Waals surface area contributed by atoms with E-state index in [1.807, 2.05) is 0 Å². The Morgan fingerprint density at radius 3 is 2.60 bits per heavy atom. The molecule has 0 radical (unpaired) electrons. The van der Waals surface area contributed by atoms with Gasteiger partial charge >= 0.3 is 12.2 Å². The van der Waals surface area contributed by atoms with Gasteiger partial charge in [-0.2, -0.15) is 13.2 Å². The molecule has 11 heteroatoms. The van der Waals surface area contributed by atoms with Crippen molar-refractivity contribution in [1.82, 2.24) is 10.2 Å². The van der Waals surface area contributed by atoms with Crippen LogP contribution in [-0.4, -0.2) is 16.1 Å². The lowest BCUT2D eigenvalue weighted by atomic mass is 10.1. The first-order valence-electron chi connectivity index (χ1n) is 6.51. The van der Waals surface area contributed by atoms with Gasteiger partial charge < -0.3 is 4.42 Å². The van der Waals surface area contributed by atoms with Gasteiger partial charge in [-0.15, -0.1) is 16.4 Å². The molecule has 0 aliphatic carbocycles. The number of benzene rings is 1. The Morgan fingerprint density at radius 2 is 1.96 bits per heavy atom. The van der Waals surface area contributed by atoms with E-state index in [0.717, 1.165) is 29.5 Å². The number of anilines is 1. The van der Waals surface area contributed by atoms with E-state index in [9.17, 15) is 18.0 Å². The number of nitrogens with one attached hydrogen (secondary N) is 1. The van der Waals surface area contributed by atoms with Crippen molar-refractivity contribution < 1.29 is 22.4 Å². The van der Waals surface area contributed by atoms with Crippen molar-refractivity contribution >= 4 is 46.5 Å². The van der Waals surface area contributed by atoms with E-state index in [0.29, 0.717) is 14.2 Å². The standard InChI is InChI=1S/C14H6Cl2F3N3O2S/c15-9-5-8(10(16)25-9)12-21-22-13(24-12)20-11(23)6-2-1-3-7(4-6)14(17,18)19/h1-5H,(H,20,22,23). The number of halogens is 5. The molecule has 0 bridgehead atoms. The van der Waals surface area contributed by atoms with Gasteiger partial charge in [0.05, 0.1) is 15.5 Å². The molecule has 0 spiro atoms. The van der Waals surface area contributed by atoms with Crippen molar-refractivity contribution in [2.75, 3.05) is 5.32 Å². The van der Waals surface area contributed by atoms with Crippen LogP contribution in [0.2, 0.25) is 8.67 Å². The number of alkyl halides is 3. The van der Waals surface area contributed by atoms with Crippen LogP contribution in [0.1, 0.15) is 15.9 Å². The second kappa shape index (κ2) is 6.66. The molecular weight excluding hydrogens is 402 g/mol. The van der Waals surface area contributed by atoms with Crippen molar-refractivity contribution in [2.45, 2.75) is 6.18 Å². The summed E-state index contributed by atoms with van der Waals surface area (Å²) in [5.74, 6) is -0.803. The molecule has 0 atom stereocenters. The maximum Gasteiger partial charge on any atom is 0.416 e. The minimum Gasteiger partial charge on any atom is -0.403 e. The van der Waals surface area contributed by atoms with Gasteiger partial charge in [0.2, 0.25) is 0 Å². The summed E-state index contributed by atoms with van der Waals surface area (Å²) in [7, 11) is 0. The molecule has 3 rings (SSSR count). The molecule has 1 N–H and O–H groups in total. The summed E-state index contributed by atoms with van der Waals surface area (Å²) >= 11 is 12.9. The molecule has 2 aromatic heterocycles. The van der Waals surface area contributed by atoms with E-state index < -0.39 is 17.6 Å². The number of rotatable bonds is 3. The first-order chi connectivity index (χ1) is 11.7. The van der Waals surface area contributed by atoms with Gasteiger partial charge in [0, 0.05) is 5.56 Å². The summed E-state index contributed by atoms with van der Waals surface area (Å²) in [5.41, 5.74) is -0.749. The molecule has 130 valence electrons. The molecule has 2 heterocycles. The monoisotopic (exact) mass is 407 g/mol. The number of carbonyl (C=O) groups is 1. The Balaban J connectivity index is 1.79. The fourth-order valence-corrected chi connectivity index (χ4v) is 3.32. The highest BCUT2D eigenvalue weighted by Gasteiger charge is 2.31. The van der Waals surface area contributed by atoms with Crippen LogP contribution in [0.25, 0.3) is 11.5 Å². The lowest BCUT2D eigenvalue weighted by Crippen LogP contribution is -2.14. The number of nitrogens with zero attached hydrogens (tertiary/aromatic N) is 2. The van der Waals surface area contributed by atoms with Gasteiger partial charge in [-0.05, 0) is 24.3 Å². The molecular formula is C14H6Cl2F3N3O2S. The molecule has 0 unspecified atom stereocenters. The third-order valence-electron chi connectivity index (χ3n) is 2.98. The topological polar surface area (TPSA) is 68.0 Å². The SMILES string of the molecule is O=C(Nc1nnc(-c2cc(Cl)sc2Cl)o1)c1cccc(C(F)(F)F)c1. The third-order valence-corrected chi connectivity index (χ3v) is 4.47. The van der Waals surface area contributed by atoms with Crippen LogP contribution < -0.4 is 5.32 Å². The summed E-state index contributed by atoms with van der Waals surface area (Å²) < 4.78 is 44.1. The second-order valence-corrected chi connectivity index (χ2v) is 6.97. The van der Waals surface area contributed by atoms with Crippen LogP contribution in [0.3, 0.4) is 0 Å². The minimum absolute atomic E-state index is 0.0208. The van der Waals surface area contributed by atoms with Gasteiger partial charge in [-0.25, -0.2) is 0 Å². The van der Waals surface area contributed by atoms with Crippen LogP contribution >= 0.6 is 34.5 Å². The van der Waals surface area contributed by atoms with Crippen LogP contribution in [0, 0.1) is 0 Å². The number of aromatic nitrogens is 2. The fraction of sp³-hybridized carbons (Fsp3) is 0.0714. The zero-order chi connectivity index (χ0) is 18.2. The van der Waals surface area contributed by atoms with Crippen LogP contribution in [-0.2, 0) is 6.18 Å². The zero-order valence-corrected chi connectivity index (χ0v) is 14.2. The molecule has 1 amide bonds. The molecule has 0 fully saturated rings. The largest absolute Gasteiger partial charge is 0.416 e. The molecule has 0 aliphatic heterocycles. The van der Waals surface area contributed by atoms with E-state index >= 15 is 0 Å². The molecule has 25 heavy (non-hydrogen) atoms. The molecule has 0 saturated heterocycles. The molecule has 0 aliphatic rings. The van der Waals surface area contributed by atoms with Gasteiger partial charge in [-0.1, -0.05) is 34.4 Å². The maximum atomic E-state index is 12.7. The van der Waals surface area contributed by atoms with E-state index in [1.165, 1.54) is 12.1 Å². The summed E-state index contributed by atoms with van der Waals surface area (Å²) in [5, 5.41) is 9.56. The van der Waals surface area contributed by atoms with Crippen molar-refractivity contribution in [3.05, 3.63) is 50.1 Å². The van der Waals surface area contributed by atoms with Gasteiger partial charge in [0.15, 0.2) is 0 Å². The van der Waals surface area contributed by atoms with Crippen molar-refractivity contribution in [2.24, 2.45) is 0 Å². The summed E-state index contributed by atoms with van der Waals surface area (Å²) in [6, 6.07) is 5.18. The number of thiophene rings is 1. The van der Waals surface area contributed by atoms with Crippen molar-refractivity contribution in [3.8, 4) is 11.5 Å². The third kappa shape index (κ3) is 3.94. The van der Waals surface area contributed by atoms with E-state index in [2.05, 4.69) is 15.5 Å². The van der Waals surface area contributed by atoms with Crippen molar-refractivity contribution in [3.63, 3.8) is 0 Å². The second-order valence-electron chi connectivity index (χ2n) is 4.68. The van der Waals surface area contributed by atoms with E-state index in [-0.39, 0.29) is 17.5 Å². The zero-order valence-electron chi connectivity index (χ0n) is 11.9. The van der Waals surface area contributed by atoms with Crippen LogP contribution in [0.15, 0.2) is 34.7 Å². The Hall–Kier alpha value is -2.10.